The lowest BCUT2D eigenvalue weighted by Gasteiger charge is -2.36. The van der Waals surface area contributed by atoms with Crippen LogP contribution in [0.25, 0.3) is 0 Å². The topological polar surface area (TPSA) is 70.6 Å². The lowest BCUT2D eigenvalue weighted by atomic mass is 10.2. The second kappa shape index (κ2) is 8.60. The molecular weight excluding hydrogens is 366 g/mol. The third kappa shape index (κ3) is 4.45. The molecule has 148 valence electrons. The van der Waals surface area contributed by atoms with Crippen molar-refractivity contribution in [2.75, 3.05) is 48.4 Å². The van der Waals surface area contributed by atoms with Crippen LogP contribution in [0.15, 0.2) is 67.0 Å². The highest BCUT2D eigenvalue weighted by Crippen LogP contribution is 2.22. The summed E-state index contributed by atoms with van der Waals surface area (Å²) in [6.07, 6.45) is 3.20. The van der Waals surface area contributed by atoms with Crippen molar-refractivity contribution in [3.8, 4) is 5.75 Å². The van der Waals surface area contributed by atoms with Gasteiger partial charge in [0, 0.05) is 37.6 Å². The molecular formula is C22H23N5O2. The van der Waals surface area contributed by atoms with Gasteiger partial charge in [0.2, 0.25) is 0 Å². The largest absolute Gasteiger partial charge is 0.497 e. The lowest BCUT2D eigenvalue weighted by molar-refractivity contribution is 0.102. The number of anilines is 3. The fourth-order valence-corrected chi connectivity index (χ4v) is 3.31. The number of nitrogens with zero attached hydrogens (tertiary/aromatic N) is 4. The second-order valence-electron chi connectivity index (χ2n) is 6.75. The van der Waals surface area contributed by atoms with Crippen LogP contribution in [-0.2, 0) is 0 Å². The SMILES string of the molecule is COc1ccc(N2CCN(c3cnc(C(=O)Nc4ccccc4)cn3)CC2)cc1. The third-order valence-electron chi connectivity index (χ3n) is 4.94. The minimum Gasteiger partial charge on any atom is -0.497 e. The van der Waals surface area contributed by atoms with E-state index in [1.807, 2.05) is 42.5 Å². The number of aromatic nitrogens is 2. The number of carbonyl (C=O) groups is 1. The van der Waals surface area contributed by atoms with Crippen molar-refractivity contribution < 1.29 is 9.53 Å². The number of piperazine rings is 1. The monoisotopic (exact) mass is 389 g/mol. The van der Waals surface area contributed by atoms with Gasteiger partial charge in [0.1, 0.15) is 17.3 Å². The van der Waals surface area contributed by atoms with Crippen LogP contribution >= 0.6 is 0 Å². The van der Waals surface area contributed by atoms with Crippen molar-refractivity contribution in [3.63, 3.8) is 0 Å². The summed E-state index contributed by atoms with van der Waals surface area (Å²) in [7, 11) is 1.67. The Kier molecular flexibility index (Phi) is 5.56. The summed E-state index contributed by atoms with van der Waals surface area (Å²) in [5, 5.41) is 2.82. The Morgan fingerprint density at radius 3 is 2.21 bits per heavy atom. The molecule has 2 heterocycles. The van der Waals surface area contributed by atoms with Gasteiger partial charge < -0.3 is 19.9 Å². The normalized spacial score (nSPS) is 13.8. The number of hydrogen-bond acceptors (Lipinski definition) is 6. The summed E-state index contributed by atoms with van der Waals surface area (Å²) < 4.78 is 5.22. The van der Waals surface area contributed by atoms with Gasteiger partial charge in [-0.25, -0.2) is 9.97 Å². The Morgan fingerprint density at radius 1 is 0.897 bits per heavy atom. The van der Waals surface area contributed by atoms with Crippen LogP contribution in [0.1, 0.15) is 10.5 Å². The number of para-hydroxylation sites is 1. The van der Waals surface area contributed by atoms with E-state index >= 15 is 0 Å². The molecule has 0 aliphatic carbocycles. The molecule has 1 aliphatic rings. The lowest BCUT2D eigenvalue weighted by Crippen LogP contribution is -2.46. The zero-order valence-corrected chi connectivity index (χ0v) is 16.3. The highest BCUT2D eigenvalue weighted by atomic mass is 16.5. The molecule has 0 atom stereocenters. The molecule has 0 unspecified atom stereocenters. The van der Waals surface area contributed by atoms with E-state index in [-0.39, 0.29) is 5.91 Å². The molecule has 0 bridgehead atoms. The molecule has 1 N–H and O–H groups in total. The number of rotatable bonds is 5. The summed E-state index contributed by atoms with van der Waals surface area (Å²) >= 11 is 0. The number of methoxy groups -OCH3 is 1. The van der Waals surface area contributed by atoms with Crippen molar-refractivity contribution in [1.29, 1.82) is 0 Å². The van der Waals surface area contributed by atoms with Gasteiger partial charge in [-0.3, -0.25) is 4.79 Å². The maximum absolute atomic E-state index is 12.3. The van der Waals surface area contributed by atoms with E-state index in [4.69, 9.17) is 4.74 Å². The molecule has 1 saturated heterocycles. The van der Waals surface area contributed by atoms with Crippen LogP contribution in [0, 0.1) is 0 Å². The first-order chi connectivity index (χ1) is 14.2. The van der Waals surface area contributed by atoms with E-state index in [1.54, 1.807) is 13.3 Å². The second-order valence-corrected chi connectivity index (χ2v) is 6.75. The van der Waals surface area contributed by atoms with Gasteiger partial charge in [-0.1, -0.05) is 18.2 Å². The first kappa shape index (κ1) is 18.7. The summed E-state index contributed by atoms with van der Waals surface area (Å²) in [6.45, 7) is 3.47. The molecule has 0 radical (unpaired) electrons. The number of hydrogen-bond donors (Lipinski definition) is 1. The van der Waals surface area contributed by atoms with E-state index in [9.17, 15) is 4.79 Å². The van der Waals surface area contributed by atoms with Crippen molar-refractivity contribution in [3.05, 3.63) is 72.7 Å². The molecule has 1 fully saturated rings. The van der Waals surface area contributed by atoms with E-state index in [2.05, 4.69) is 37.2 Å². The van der Waals surface area contributed by atoms with Gasteiger partial charge in [0.15, 0.2) is 0 Å². The van der Waals surface area contributed by atoms with Crippen LogP contribution in [0.2, 0.25) is 0 Å². The minimum absolute atomic E-state index is 0.264. The molecule has 1 aliphatic heterocycles. The van der Waals surface area contributed by atoms with Gasteiger partial charge in [-0.2, -0.15) is 0 Å². The van der Waals surface area contributed by atoms with Crippen molar-refractivity contribution >= 4 is 23.1 Å². The minimum atomic E-state index is -0.264. The smallest absolute Gasteiger partial charge is 0.275 e. The summed E-state index contributed by atoms with van der Waals surface area (Å²) in [6, 6.07) is 17.4. The molecule has 2 aromatic carbocycles. The van der Waals surface area contributed by atoms with E-state index in [0.29, 0.717) is 5.69 Å². The van der Waals surface area contributed by atoms with Crippen molar-refractivity contribution in [1.82, 2.24) is 9.97 Å². The summed E-state index contributed by atoms with van der Waals surface area (Å²) in [4.78, 5) is 25.6. The van der Waals surface area contributed by atoms with Gasteiger partial charge in [-0.05, 0) is 36.4 Å². The number of nitrogens with one attached hydrogen (secondary N) is 1. The number of benzene rings is 2. The Balaban J connectivity index is 1.34. The van der Waals surface area contributed by atoms with Crippen molar-refractivity contribution in [2.24, 2.45) is 0 Å². The molecule has 29 heavy (non-hydrogen) atoms. The maximum atomic E-state index is 12.3. The van der Waals surface area contributed by atoms with Crippen LogP contribution in [-0.4, -0.2) is 49.2 Å². The average Bonchev–Trinajstić information content (AvgIpc) is 2.80. The Bertz CT molecular complexity index is 937. The highest BCUT2D eigenvalue weighted by Gasteiger charge is 2.19. The maximum Gasteiger partial charge on any atom is 0.275 e. The Labute approximate surface area is 170 Å². The zero-order chi connectivity index (χ0) is 20.1. The van der Waals surface area contributed by atoms with E-state index in [1.165, 1.54) is 11.9 Å². The highest BCUT2D eigenvalue weighted by molar-refractivity contribution is 6.02. The Morgan fingerprint density at radius 2 is 1.59 bits per heavy atom. The first-order valence-electron chi connectivity index (χ1n) is 9.55. The van der Waals surface area contributed by atoms with Gasteiger partial charge in [0.25, 0.3) is 5.91 Å². The van der Waals surface area contributed by atoms with Crippen LogP contribution in [0.5, 0.6) is 5.75 Å². The molecule has 0 spiro atoms. The molecule has 1 amide bonds. The quantitative estimate of drug-likeness (QED) is 0.723. The van der Waals surface area contributed by atoms with Crippen LogP contribution in [0.4, 0.5) is 17.2 Å². The van der Waals surface area contributed by atoms with E-state index in [0.717, 1.165) is 43.4 Å². The predicted octanol–water partition coefficient (Wildman–Crippen LogP) is 3.06. The average molecular weight is 389 g/mol. The standard InChI is InChI=1S/C22H23N5O2/c1-29-19-9-7-18(8-10-19)26-11-13-27(14-12-26)21-16-23-20(15-24-21)22(28)25-17-5-3-2-4-6-17/h2-10,15-16H,11-14H2,1H3,(H,25,28). The van der Waals surface area contributed by atoms with Crippen LogP contribution in [0.3, 0.4) is 0 Å². The molecule has 7 nitrogen and oxygen atoms in total. The van der Waals surface area contributed by atoms with Crippen LogP contribution < -0.4 is 19.9 Å². The van der Waals surface area contributed by atoms with Gasteiger partial charge in [0.05, 0.1) is 19.5 Å². The predicted molar refractivity (Wildman–Crippen MR) is 114 cm³/mol. The Hall–Kier alpha value is -3.61. The van der Waals surface area contributed by atoms with Crippen molar-refractivity contribution in [2.45, 2.75) is 0 Å². The van der Waals surface area contributed by atoms with E-state index < -0.39 is 0 Å². The first-order valence-corrected chi connectivity index (χ1v) is 9.55. The molecule has 1 aromatic heterocycles. The summed E-state index contributed by atoms with van der Waals surface area (Å²) in [5.74, 6) is 1.38. The number of amides is 1. The van der Waals surface area contributed by atoms with Gasteiger partial charge in [-0.15, -0.1) is 0 Å². The molecule has 3 aromatic rings. The summed E-state index contributed by atoms with van der Waals surface area (Å²) in [5.41, 5.74) is 2.22. The fraction of sp³-hybridized carbons (Fsp3) is 0.227. The number of carbonyl (C=O) groups excluding carboxylic acids is 1. The fourth-order valence-electron chi connectivity index (χ4n) is 3.31. The molecule has 7 heteroatoms. The molecule has 0 saturated carbocycles. The third-order valence-corrected chi connectivity index (χ3v) is 4.94. The number of ether oxygens (including phenoxy) is 1. The van der Waals surface area contributed by atoms with Gasteiger partial charge >= 0.3 is 0 Å². The molecule has 4 rings (SSSR count). The zero-order valence-electron chi connectivity index (χ0n) is 16.3.